The monoisotopic (exact) mass is 254 g/mol. The van der Waals surface area contributed by atoms with Gasteiger partial charge in [0.2, 0.25) is 5.78 Å². The van der Waals surface area contributed by atoms with E-state index in [1.54, 1.807) is 19.1 Å². The van der Waals surface area contributed by atoms with Gasteiger partial charge < -0.3 is 4.74 Å². The number of benzene rings is 1. The summed E-state index contributed by atoms with van der Waals surface area (Å²) >= 11 is 3.21. The first-order valence-corrected chi connectivity index (χ1v) is 4.96. The van der Waals surface area contributed by atoms with Crippen LogP contribution < -0.4 is 0 Å². The zero-order chi connectivity index (χ0) is 10.6. The zero-order valence-corrected chi connectivity index (χ0v) is 9.67. The van der Waals surface area contributed by atoms with Crippen molar-refractivity contribution >= 4 is 21.7 Å². The van der Waals surface area contributed by atoms with Crippen molar-refractivity contribution in [2.45, 2.75) is 6.92 Å². The molecule has 0 aliphatic rings. The van der Waals surface area contributed by atoms with E-state index in [0.717, 1.165) is 0 Å². The number of Topliss-reactive ketones (excluding diaryl/α,β-unsaturated/α-hetero) is 1. The fraction of sp³-hybridized carbons (Fsp3) is 0.182. The Hall–Kier alpha value is -1.09. The molecule has 14 heavy (non-hydrogen) atoms. The third-order valence-electron chi connectivity index (χ3n) is 1.85. The van der Waals surface area contributed by atoms with E-state index in [4.69, 9.17) is 4.74 Å². The highest BCUT2D eigenvalue weighted by atomic mass is 79.9. The molecule has 0 heterocycles. The maximum absolute atomic E-state index is 11.8. The quantitative estimate of drug-likeness (QED) is 0.471. The summed E-state index contributed by atoms with van der Waals surface area (Å²) in [6, 6.07) is 9.07. The number of halogens is 1. The Bertz CT molecular complexity index is 355. The van der Waals surface area contributed by atoms with Gasteiger partial charge in [0.1, 0.15) is 10.2 Å². The summed E-state index contributed by atoms with van der Waals surface area (Å²) in [6.45, 7) is 1.74. The van der Waals surface area contributed by atoms with Gasteiger partial charge in [-0.05, 0) is 22.9 Å². The Morgan fingerprint density at radius 3 is 2.36 bits per heavy atom. The molecule has 1 aromatic rings. The predicted molar refractivity (Wildman–Crippen MR) is 59.4 cm³/mol. The molecule has 0 aromatic heterocycles. The number of carbonyl (C=O) groups is 1. The largest absolute Gasteiger partial charge is 0.500 e. The normalized spacial score (nSPS) is 11.9. The SMILES string of the molecule is CO/C(C)=C(/Br)C(=O)c1ccccc1. The van der Waals surface area contributed by atoms with Crippen LogP contribution in [0.4, 0.5) is 0 Å². The highest BCUT2D eigenvalue weighted by Crippen LogP contribution is 2.18. The summed E-state index contributed by atoms with van der Waals surface area (Å²) in [7, 11) is 1.54. The van der Waals surface area contributed by atoms with E-state index in [-0.39, 0.29) is 5.78 Å². The fourth-order valence-corrected chi connectivity index (χ4v) is 1.36. The molecule has 0 spiro atoms. The van der Waals surface area contributed by atoms with Crippen LogP contribution in [0.25, 0.3) is 0 Å². The summed E-state index contributed by atoms with van der Waals surface area (Å²) in [5.74, 6) is 0.517. The van der Waals surface area contributed by atoms with Crippen molar-refractivity contribution < 1.29 is 9.53 Å². The molecule has 0 saturated carbocycles. The second-order valence-electron chi connectivity index (χ2n) is 2.77. The number of carbonyl (C=O) groups excluding carboxylic acids is 1. The minimum atomic E-state index is -0.0649. The van der Waals surface area contributed by atoms with Gasteiger partial charge in [0.25, 0.3) is 0 Å². The van der Waals surface area contributed by atoms with Crippen LogP contribution in [-0.2, 0) is 4.74 Å². The van der Waals surface area contributed by atoms with Crippen molar-refractivity contribution in [2.75, 3.05) is 7.11 Å². The molecule has 0 saturated heterocycles. The lowest BCUT2D eigenvalue weighted by atomic mass is 10.1. The van der Waals surface area contributed by atoms with Crippen molar-refractivity contribution in [1.29, 1.82) is 0 Å². The average Bonchev–Trinajstić information content (AvgIpc) is 2.27. The number of rotatable bonds is 3. The topological polar surface area (TPSA) is 26.3 Å². The molecule has 0 unspecified atom stereocenters. The standard InChI is InChI=1S/C11H11BrO2/c1-8(14-2)10(12)11(13)9-6-4-3-5-7-9/h3-7H,1-2H3/b10-8+. The van der Waals surface area contributed by atoms with E-state index in [2.05, 4.69) is 15.9 Å². The number of ketones is 1. The number of hydrogen-bond donors (Lipinski definition) is 0. The fourth-order valence-electron chi connectivity index (χ4n) is 0.966. The Labute approximate surface area is 91.7 Å². The van der Waals surface area contributed by atoms with Crippen molar-refractivity contribution in [3.8, 4) is 0 Å². The first-order chi connectivity index (χ1) is 6.66. The highest BCUT2D eigenvalue weighted by molar-refractivity contribution is 9.12. The van der Waals surface area contributed by atoms with E-state index in [1.165, 1.54) is 7.11 Å². The zero-order valence-electron chi connectivity index (χ0n) is 8.08. The Balaban J connectivity index is 2.98. The number of methoxy groups -OCH3 is 1. The molecule has 2 nitrogen and oxygen atoms in total. The molecule has 0 aliphatic carbocycles. The lowest BCUT2D eigenvalue weighted by Crippen LogP contribution is -2.01. The molecular weight excluding hydrogens is 244 g/mol. The van der Waals surface area contributed by atoms with E-state index in [1.807, 2.05) is 18.2 Å². The summed E-state index contributed by atoms with van der Waals surface area (Å²) in [5, 5.41) is 0. The Morgan fingerprint density at radius 2 is 1.86 bits per heavy atom. The van der Waals surface area contributed by atoms with Crippen LogP contribution in [0.3, 0.4) is 0 Å². The van der Waals surface area contributed by atoms with Crippen LogP contribution >= 0.6 is 15.9 Å². The third-order valence-corrected chi connectivity index (χ3v) is 2.77. The number of ether oxygens (including phenoxy) is 1. The lowest BCUT2D eigenvalue weighted by molar-refractivity contribution is 0.103. The summed E-state index contributed by atoms with van der Waals surface area (Å²) < 4.78 is 5.43. The molecule has 0 atom stereocenters. The van der Waals surface area contributed by atoms with E-state index in [0.29, 0.717) is 15.8 Å². The first kappa shape index (κ1) is 11.0. The smallest absolute Gasteiger partial charge is 0.203 e. The van der Waals surface area contributed by atoms with Gasteiger partial charge in [0, 0.05) is 5.56 Å². The molecule has 0 fully saturated rings. The molecule has 74 valence electrons. The molecular formula is C11H11BrO2. The van der Waals surface area contributed by atoms with E-state index >= 15 is 0 Å². The van der Waals surface area contributed by atoms with Crippen molar-refractivity contribution in [3.05, 3.63) is 46.1 Å². The maximum atomic E-state index is 11.8. The summed E-state index contributed by atoms with van der Waals surface area (Å²) in [6.07, 6.45) is 0. The molecule has 1 rings (SSSR count). The van der Waals surface area contributed by atoms with Gasteiger partial charge in [0.15, 0.2) is 0 Å². The van der Waals surface area contributed by atoms with E-state index in [9.17, 15) is 4.79 Å². The van der Waals surface area contributed by atoms with Crippen molar-refractivity contribution in [2.24, 2.45) is 0 Å². The van der Waals surface area contributed by atoms with Gasteiger partial charge in [0.05, 0.1) is 7.11 Å². The first-order valence-electron chi connectivity index (χ1n) is 4.17. The number of allylic oxidation sites excluding steroid dienone is 2. The van der Waals surface area contributed by atoms with Gasteiger partial charge in [-0.25, -0.2) is 0 Å². The summed E-state index contributed by atoms with van der Waals surface area (Å²) in [4.78, 5) is 11.8. The lowest BCUT2D eigenvalue weighted by Gasteiger charge is -2.03. The van der Waals surface area contributed by atoms with Gasteiger partial charge in [-0.1, -0.05) is 30.3 Å². The maximum Gasteiger partial charge on any atom is 0.203 e. The van der Waals surface area contributed by atoms with Crippen LogP contribution in [-0.4, -0.2) is 12.9 Å². The van der Waals surface area contributed by atoms with Crippen LogP contribution in [0.15, 0.2) is 40.6 Å². The van der Waals surface area contributed by atoms with Gasteiger partial charge in [-0.3, -0.25) is 4.79 Å². The molecule has 0 amide bonds. The molecule has 1 aromatic carbocycles. The van der Waals surface area contributed by atoms with Gasteiger partial charge >= 0.3 is 0 Å². The molecule has 0 bridgehead atoms. The minimum absolute atomic E-state index is 0.0649. The van der Waals surface area contributed by atoms with Crippen LogP contribution in [0.1, 0.15) is 17.3 Å². The van der Waals surface area contributed by atoms with Gasteiger partial charge in [-0.15, -0.1) is 0 Å². The predicted octanol–water partition coefficient (Wildman–Crippen LogP) is 3.14. The summed E-state index contributed by atoms with van der Waals surface area (Å²) in [5.41, 5.74) is 0.649. The molecule has 0 N–H and O–H groups in total. The van der Waals surface area contributed by atoms with Crippen molar-refractivity contribution in [3.63, 3.8) is 0 Å². The van der Waals surface area contributed by atoms with Gasteiger partial charge in [-0.2, -0.15) is 0 Å². The molecule has 0 radical (unpaired) electrons. The second-order valence-corrected chi connectivity index (χ2v) is 3.56. The van der Waals surface area contributed by atoms with Crippen LogP contribution in [0.5, 0.6) is 0 Å². The second kappa shape index (κ2) is 4.96. The Kier molecular flexibility index (Phi) is 3.89. The average molecular weight is 255 g/mol. The number of hydrogen-bond acceptors (Lipinski definition) is 2. The van der Waals surface area contributed by atoms with Crippen LogP contribution in [0, 0.1) is 0 Å². The molecule has 0 aliphatic heterocycles. The molecule has 3 heteroatoms. The van der Waals surface area contributed by atoms with Crippen LogP contribution in [0.2, 0.25) is 0 Å². The highest BCUT2D eigenvalue weighted by Gasteiger charge is 2.12. The minimum Gasteiger partial charge on any atom is -0.500 e. The Morgan fingerprint density at radius 1 is 1.29 bits per heavy atom. The van der Waals surface area contributed by atoms with Crippen molar-refractivity contribution in [1.82, 2.24) is 0 Å². The van der Waals surface area contributed by atoms with E-state index < -0.39 is 0 Å². The third kappa shape index (κ3) is 2.45.